The molecule has 0 saturated heterocycles. The van der Waals surface area contributed by atoms with Crippen LogP contribution < -0.4 is 4.90 Å². The minimum atomic E-state index is -0.393. The van der Waals surface area contributed by atoms with Gasteiger partial charge in [-0.2, -0.15) is 0 Å². The Labute approximate surface area is 443 Å². The summed E-state index contributed by atoms with van der Waals surface area (Å²) in [7, 11) is 0. The van der Waals surface area contributed by atoms with Crippen molar-refractivity contribution < 1.29 is 0 Å². The highest BCUT2D eigenvalue weighted by molar-refractivity contribution is 6.19. The van der Waals surface area contributed by atoms with Crippen molar-refractivity contribution in [2.24, 2.45) is 0 Å². The van der Waals surface area contributed by atoms with Crippen LogP contribution in [0.4, 0.5) is 17.1 Å². The van der Waals surface area contributed by atoms with Gasteiger partial charge >= 0.3 is 0 Å². The Morgan fingerprint density at radius 1 is 0.316 bits per heavy atom. The molecule has 356 valence electrons. The standard InChI is InChI=1S/C74H50N2/c1-73(2)64-26-12-8-21-57(64)60-43-40-53(45-69(60)73)75(51-36-31-48(32-37-51)47-17-4-3-5-18-47)54-41-44-61-62-42-35-49-19-6-7-20-56(49)72(62)76(70(61)46-54)52-38-33-50(34-39-52)55-25-16-30-68-71(55)63-24-11-15-29-67(63)74(68)65-27-13-9-22-58(65)59-23-10-14-28-66(59)74/h3-46H,1-2H3. The molecule has 2 heteroatoms. The van der Waals surface area contributed by atoms with Crippen LogP contribution in [0, 0.1) is 0 Å². The smallest absolute Gasteiger partial charge is 0.0725 e. The van der Waals surface area contributed by atoms with Gasteiger partial charge in [-0.15, -0.1) is 0 Å². The van der Waals surface area contributed by atoms with Gasteiger partial charge in [0.15, 0.2) is 0 Å². The van der Waals surface area contributed by atoms with E-state index >= 15 is 0 Å². The number of rotatable bonds is 6. The van der Waals surface area contributed by atoms with Gasteiger partial charge in [0.2, 0.25) is 0 Å². The van der Waals surface area contributed by atoms with Crippen molar-refractivity contribution in [2.45, 2.75) is 24.7 Å². The maximum atomic E-state index is 2.52. The first kappa shape index (κ1) is 43.0. The maximum Gasteiger partial charge on any atom is 0.0725 e. The van der Waals surface area contributed by atoms with Gasteiger partial charge in [-0.05, 0) is 143 Å². The van der Waals surface area contributed by atoms with Crippen LogP contribution in [0.1, 0.15) is 47.2 Å². The van der Waals surface area contributed by atoms with Crippen LogP contribution in [0.25, 0.3) is 93.9 Å². The topological polar surface area (TPSA) is 8.17 Å². The number of benzene rings is 12. The first-order valence-electron chi connectivity index (χ1n) is 26.7. The van der Waals surface area contributed by atoms with Gasteiger partial charge < -0.3 is 9.47 Å². The van der Waals surface area contributed by atoms with Crippen molar-refractivity contribution in [3.63, 3.8) is 0 Å². The van der Waals surface area contributed by atoms with E-state index in [1.807, 2.05) is 0 Å². The number of anilines is 3. The number of nitrogens with zero attached hydrogens (tertiary/aromatic N) is 2. The average molecular weight is 967 g/mol. The summed E-state index contributed by atoms with van der Waals surface area (Å²) in [6.45, 7) is 4.74. The Kier molecular flexibility index (Phi) is 9.04. The minimum absolute atomic E-state index is 0.146. The van der Waals surface area contributed by atoms with Crippen LogP contribution in [-0.4, -0.2) is 4.57 Å². The number of hydrogen-bond donors (Lipinski definition) is 0. The summed E-state index contributed by atoms with van der Waals surface area (Å²) in [6, 6.07) is 100. The van der Waals surface area contributed by atoms with Crippen molar-refractivity contribution in [2.75, 3.05) is 4.90 Å². The van der Waals surface area contributed by atoms with Crippen LogP contribution in [0.2, 0.25) is 0 Å². The quantitative estimate of drug-likeness (QED) is 0.161. The third-order valence-corrected chi connectivity index (χ3v) is 17.4. The van der Waals surface area contributed by atoms with Crippen LogP contribution >= 0.6 is 0 Å². The van der Waals surface area contributed by atoms with E-state index in [4.69, 9.17) is 0 Å². The molecule has 0 atom stereocenters. The predicted octanol–water partition coefficient (Wildman–Crippen LogP) is 19.4. The Balaban J connectivity index is 0.882. The summed E-state index contributed by atoms with van der Waals surface area (Å²) in [5.41, 5.74) is 27.2. The summed E-state index contributed by atoms with van der Waals surface area (Å²) in [5, 5.41) is 4.91. The zero-order valence-electron chi connectivity index (χ0n) is 42.3. The molecule has 12 aromatic carbocycles. The Morgan fingerprint density at radius 3 is 1.57 bits per heavy atom. The number of fused-ring (bicyclic) bond motifs is 18. The summed E-state index contributed by atoms with van der Waals surface area (Å²) in [5.74, 6) is 0. The molecule has 1 heterocycles. The largest absolute Gasteiger partial charge is 0.310 e. The molecular formula is C74H50N2. The molecule has 76 heavy (non-hydrogen) atoms. The maximum absolute atomic E-state index is 2.52. The van der Waals surface area contributed by atoms with Gasteiger partial charge in [0.05, 0.1) is 16.4 Å². The molecule has 0 unspecified atom stereocenters. The molecule has 1 aromatic heterocycles. The minimum Gasteiger partial charge on any atom is -0.310 e. The Bertz CT molecular complexity index is 4490. The fourth-order valence-corrected chi connectivity index (χ4v) is 14.1. The van der Waals surface area contributed by atoms with Crippen molar-refractivity contribution in [3.05, 3.63) is 300 Å². The van der Waals surface area contributed by atoms with Crippen molar-refractivity contribution >= 4 is 49.6 Å². The van der Waals surface area contributed by atoms with E-state index < -0.39 is 5.41 Å². The van der Waals surface area contributed by atoms with Crippen LogP contribution in [0.5, 0.6) is 0 Å². The third kappa shape index (κ3) is 5.87. The first-order valence-corrected chi connectivity index (χ1v) is 26.7. The van der Waals surface area contributed by atoms with E-state index in [0.717, 1.165) is 28.3 Å². The molecule has 0 aliphatic heterocycles. The van der Waals surface area contributed by atoms with Crippen LogP contribution in [0.3, 0.4) is 0 Å². The van der Waals surface area contributed by atoms with E-state index in [2.05, 4.69) is 290 Å². The SMILES string of the molecule is CC1(C)c2ccccc2-c2ccc(N(c3ccc(-c4ccccc4)cc3)c3ccc4c5ccc6ccccc6c5n(-c5ccc(-c6cccc7c6-c6ccccc6C76c7ccccc7-c7ccccc76)cc5)c4c3)cc21. The number of aromatic nitrogens is 1. The lowest BCUT2D eigenvalue weighted by atomic mass is 9.70. The molecule has 16 rings (SSSR count). The average Bonchev–Trinajstić information content (AvgIpc) is 4.21. The molecule has 13 aromatic rings. The number of hydrogen-bond acceptors (Lipinski definition) is 1. The Morgan fingerprint density at radius 2 is 0.829 bits per heavy atom. The van der Waals surface area contributed by atoms with E-state index in [1.54, 1.807) is 0 Å². The van der Waals surface area contributed by atoms with E-state index in [0.29, 0.717) is 0 Å². The summed E-state index contributed by atoms with van der Waals surface area (Å²) in [4.78, 5) is 2.46. The lowest BCUT2D eigenvalue weighted by Crippen LogP contribution is -2.25. The second-order valence-corrected chi connectivity index (χ2v) is 21.5. The third-order valence-electron chi connectivity index (χ3n) is 17.4. The molecule has 0 fully saturated rings. The molecule has 0 amide bonds. The van der Waals surface area contributed by atoms with Gasteiger partial charge in [-0.1, -0.05) is 232 Å². The molecule has 3 aliphatic rings. The van der Waals surface area contributed by atoms with Gasteiger partial charge in [0.1, 0.15) is 0 Å². The summed E-state index contributed by atoms with van der Waals surface area (Å²) < 4.78 is 2.52. The summed E-state index contributed by atoms with van der Waals surface area (Å²) in [6.07, 6.45) is 0. The van der Waals surface area contributed by atoms with Crippen molar-refractivity contribution in [1.82, 2.24) is 4.57 Å². The Hall–Kier alpha value is -9.50. The van der Waals surface area contributed by atoms with E-state index in [9.17, 15) is 0 Å². The molecule has 1 spiro atoms. The van der Waals surface area contributed by atoms with Crippen LogP contribution in [-0.2, 0) is 10.8 Å². The van der Waals surface area contributed by atoms with Crippen molar-refractivity contribution in [3.8, 4) is 61.3 Å². The molecule has 2 nitrogen and oxygen atoms in total. The molecule has 0 radical (unpaired) electrons. The van der Waals surface area contributed by atoms with E-state index in [-0.39, 0.29) is 5.41 Å². The molecular weight excluding hydrogens is 917 g/mol. The zero-order chi connectivity index (χ0) is 50.3. The first-order chi connectivity index (χ1) is 37.5. The highest BCUT2D eigenvalue weighted by Crippen LogP contribution is 2.64. The monoisotopic (exact) mass is 966 g/mol. The van der Waals surface area contributed by atoms with Gasteiger partial charge in [0, 0.05) is 44.3 Å². The van der Waals surface area contributed by atoms with E-state index in [1.165, 1.54) is 116 Å². The second-order valence-electron chi connectivity index (χ2n) is 21.5. The lowest BCUT2D eigenvalue weighted by Gasteiger charge is -2.30. The predicted molar refractivity (Wildman–Crippen MR) is 318 cm³/mol. The van der Waals surface area contributed by atoms with Gasteiger partial charge in [0.25, 0.3) is 0 Å². The molecule has 0 saturated carbocycles. The normalized spacial score (nSPS) is 13.9. The highest BCUT2D eigenvalue weighted by atomic mass is 15.1. The molecule has 0 N–H and O–H groups in total. The van der Waals surface area contributed by atoms with Crippen LogP contribution in [0.15, 0.2) is 267 Å². The van der Waals surface area contributed by atoms with Gasteiger partial charge in [-0.25, -0.2) is 0 Å². The zero-order valence-corrected chi connectivity index (χ0v) is 42.3. The fourth-order valence-electron chi connectivity index (χ4n) is 14.1. The molecule has 0 bridgehead atoms. The van der Waals surface area contributed by atoms with Crippen molar-refractivity contribution in [1.29, 1.82) is 0 Å². The fraction of sp³-hybridized carbons (Fsp3) is 0.0541. The molecule has 3 aliphatic carbocycles. The second kappa shape index (κ2) is 16.0. The highest BCUT2D eigenvalue weighted by Gasteiger charge is 2.52. The summed E-state index contributed by atoms with van der Waals surface area (Å²) >= 11 is 0. The van der Waals surface area contributed by atoms with Gasteiger partial charge in [-0.3, -0.25) is 0 Å². The lowest BCUT2D eigenvalue weighted by molar-refractivity contribution is 0.660.